The number of rotatable bonds is 6. The Morgan fingerprint density at radius 3 is 2.55 bits per heavy atom. The van der Waals surface area contributed by atoms with Gasteiger partial charge < -0.3 is 9.47 Å². The highest BCUT2D eigenvalue weighted by Crippen LogP contribution is 2.49. The Balaban J connectivity index is 1.83. The van der Waals surface area contributed by atoms with Crippen molar-refractivity contribution in [1.82, 2.24) is 14.5 Å². The summed E-state index contributed by atoms with van der Waals surface area (Å²) < 4.78 is 2.27. The Morgan fingerprint density at radius 1 is 1.14 bits per heavy atom. The van der Waals surface area contributed by atoms with Crippen LogP contribution in [0.2, 0.25) is 0 Å². The minimum absolute atomic E-state index is 0.208. The highest BCUT2D eigenvalue weighted by Gasteiger charge is 2.44. The minimum atomic E-state index is -0.415. The predicted molar refractivity (Wildman–Crippen MR) is 117 cm³/mol. The summed E-state index contributed by atoms with van der Waals surface area (Å²) in [6.07, 6.45) is 5.12. The number of hydrogen-bond donors (Lipinski definition) is 0. The highest BCUT2D eigenvalue weighted by molar-refractivity contribution is 5.77. The summed E-state index contributed by atoms with van der Waals surface area (Å²) in [6.45, 7) is 9.05. The molecule has 0 bridgehead atoms. The van der Waals surface area contributed by atoms with Crippen LogP contribution in [0.15, 0.2) is 60.9 Å². The van der Waals surface area contributed by atoms with Crippen LogP contribution in [0.5, 0.6) is 0 Å². The Bertz CT molecular complexity index is 1020. The molecule has 1 aliphatic heterocycles. The van der Waals surface area contributed by atoms with Crippen LogP contribution in [0, 0.1) is 6.92 Å². The van der Waals surface area contributed by atoms with E-state index in [1.165, 1.54) is 16.7 Å². The van der Waals surface area contributed by atoms with Crippen molar-refractivity contribution in [2.75, 3.05) is 6.54 Å². The highest BCUT2D eigenvalue weighted by atomic mass is 16.2. The Morgan fingerprint density at radius 2 is 1.86 bits per heavy atom. The number of amides is 1. The SMILES string of the molecule is CCN(C(=O)CCC1(c2ccc(C)cc2)c2ccccc2-c2nccn21)C(C)C. The smallest absolute Gasteiger partial charge is 0.222 e. The van der Waals surface area contributed by atoms with Crippen molar-refractivity contribution in [1.29, 1.82) is 0 Å². The van der Waals surface area contributed by atoms with Crippen molar-refractivity contribution in [3.05, 3.63) is 77.6 Å². The van der Waals surface area contributed by atoms with Gasteiger partial charge in [0.2, 0.25) is 5.91 Å². The number of nitrogens with zero attached hydrogens (tertiary/aromatic N) is 3. The number of imidazole rings is 1. The van der Waals surface area contributed by atoms with Gasteiger partial charge in [-0.2, -0.15) is 0 Å². The quantitative estimate of drug-likeness (QED) is 0.597. The van der Waals surface area contributed by atoms with Crippen LogP contribution in [0.1, 0.15) is 50.3 Å². The van der Waals surface area contributed by atoms with Gasteiger partial charge in [0.25, 0.3) is 0 Å². The fraction of sp³-hybridized carbons (Fsp3) is 0.360. The van der Waals surface area contributed by atoms with E-state index in [1.807, 2.05) is 18.0 Å². The van der Waals surface area contributed by atoms with Crippen LogP contribution in [0.25, 0.3) is 11.4 Å². The van der Waals surface area contributed by atoms with Crippen molar-refractivity contribution in [2.24, 2.45) is 0 Å². The molecule has 0 fully saturated rings. The largest absolute Gasteiger partial charge is 0.341 e. The van der Waals surface area contributed by atoms with Crippen LogP contribution < -0.4 is 0 Å². The Labute approximate surface area is 173 Å². The molecule has 4 nitrogen and oxygen atoms in total. The Hall–Kier alpha value is -2.88. The number of fused-ring (bicyclic) bond motifs is 3. The third-order valence-electron chi connectivity index (χ3n) is 6.18. The molecule has 4 rings (SSSR count). The lowest BCUT2D eigenvalue weighted by molar-refractivity contribution is -0.133. The summed E-state index contributed by atoms with van der Waals surface area (Å²) in [5.41, 5.74) is 4.40. The molecule has 0 aliphatic carbocycles. The maximum absolute atomic E-state index is 13.1. The van der Waals surface area contributed by atoms with Gasteiger partial charge in [0, 0.05) is 37.0 Å². The topological polar surface area (TPSA) is 38.1 Å². The van der Waals surface area contributed by atoms with E-state index in [9.17, 15) is 4.79 Å². The van der Waals surface area contributed by atoms with Gasteiger partial charge in [-0.05, 0) is 45.2 Å². The van der Waals surface area contributed by atoms with Crippen molar-refractivity contribution >= 4 is 5.91 Å². The predicted octanol–water partition coefficient (Wildman–Crippen LogP) is 5.00. The second-order valence-corrected chi connectivity index (χ2v) is 8.17. The number of aryl methyl sites for hydroxylation is 1. The average Bonchev–Trinajstić information content (AvgIpc) is 3.29. The van der Waals surface area contributed by atoms with E-state index in [0.717, 1.165) is 17.9 Å². The van der Waals surface area contributed by atoms with Gasteiger partial charge in [-0.3, -0.25) is 4.79 Å². The van der Waals surface area contributed by atoms with Crippen molar-refractivity contribution in [3.8, 4) is 11.4 Å². The lowest BCUT2D eigenvalue weighted by Gasteiger charge is -2.35. The first-order valence-electron chi connectivity index (χ1n) is 10.5. The second kappa shape index (κ2) is 7.51. The molecule has 0 radical (unpaired) electrons. The van der Waals surface area contributed by atoms with Crippen LogP contribution in [0.3, 0.4) is 0 Å². The van der Waals surface area contributed by atoms with Gasteiger partial charge in [0.05, 0.1) is 5.54 Å². The summed E-state index contributed by atoms with van der Waals surface area (Å²) in [7, 11) is 0. The van der Waals surface area contributed by atoms with Gasteiger partial charge in [-0.15, -0.1) is 0 Å². The second-order valence-electron chi connectivity index (χ2n) is 8.17. The van der Waals surface area contributed by atoms with Gasteiger partial charge in [0.15, 0.2) is 0 Å². The number of benzene rings is 2. The number of hydrogen-bond acceptors (Lipinski definition) is 2. The molecule has 3 aromatic rings. The first-order valence-corrected chi connectivity index (χ1v) is 10.5. The van der Waals surface area contributed by atoms with E-state index in [-0.39, 0.29) is 11.9 Å². The van der Waals surface area contributed by atoms with Crippen molar-refractivity contribution in [3.63, 3.8) is 0 Å². The van der Waals surface area contributed by atoms with Gasteiger partial charge in [0.1, 0.15) is 5.82 Å². The summed E-state index contributed by atoms with van der Waals surface area (Å²) in [5.74, 6) is 1.19. The van der Waals surface area contributed by atoms with Gasteiger partial charge in [-0.25, -0.2) is 4.98 Å². The third-order valence-corrected chi connectivity index (χ3v) is 6.18. The van der Waals surface area contributed by atoms with Crippen molar-refractivity contribution < 1.29 is 4.79 Å². The van der Waals surface area contributed by atoms with Gasteiger partial charge in [-0.1, -0.05) is 54.1 Å². The van der Waals surface area contributed by atoms with Crippen LogP contribution in [0.4, 0.5) is 0 Å². The van der Waals surface area contributed by atoms with E-state index in [2.05, 4.69) is 85.1 Å². The first-order chi connectivity index (χ1) is 14.0. The molecule has 0 N–H and O–H groups in total. The van der Waals surface area contributed by atoms with E-state index in [1.54, 1.807) is 0 Å². The van der Waals surface area contributed by atoms with Crippen LogP contribution >= 0.6 is 0 Å². The lowest BCUT2D eigenvalue weighted by atomic mass is 9.79. The standard InChI is InChI=1S/C25H29N3O/c1-5-27(18(2)3)23(29)14-15-25(20-12-10-19(4)11-13-20)22-9-7-6-8-21(22)24-26-16-17-28(24)25/h6-13,16-18H,5,14-15H2,1-4H3. The maximum Gasteiger partial charge on any atom is 0.222 e. The van der Waals surface area contributed by atoms with Gasteiger partial charge >= 0.3 is 0 Å². The molecule has 29 heavy (non-hydrogen) atoms. The number of aromatic nitrogens is 2. The molecule has 2 aromatic carbocycles. The zero-order valence-electron chi connectivity index (χ0n) is 17.7. The monoisotopic (exact) mass is 387 g/mol. The zero-order valence-corrected chi connectivity index (χ0v) is 17.7. The lowest BCUT2D eigenvalue weighted by Crippen LogP contribution is -2.39. The Kier molecular flexibility index (Phi) is 5.03. The number of carbonyl (C=O) groups excluding carboxylic acids is 1. The maximum atomic E-state index is 13.1. The molecule has 0 saturated carbocycles. The summed E-state index contributed by atoms with van der Waals surface area (Å²) >= 11 is 0. The van der Waals surface area contributed by atoms with Crippen LogP contribution in [-0.2, 0) is 10.3 Å². The molecule has 4 heteroatoms. The summed E-state index contributed by atoms with van der Waals surface area (Å²) in [6, 6.07) is 17.4. The molecule has 1 atom stereocenters. The fourth-order valence-corrected chi connectivity index (χ4v) is 4.76. The average molecular weight is 388 g/mol. The van der Waals surface area contributed by atoms with Crippen molar-refractivity contribution in [2.45, 2.75) is 52.1 Å². The molecule has 2 heterocycles. The molecule has 150 valence electrons. The molecular weight excluding hydrogens is 358 g/mol. The molecular formula is C25H29N3O. The van der Waals surface area contributed by atoms with Crippen LogP contribution in [-0.4, -0.2) is 32.9 Å². The first kappa shape index (κ1) is 19.4. The van der Waals surface area contributed by atoms with E-state index in [4.69, 9.17) is 0 Å². The van der Waals surface area contributed by atoms with E-state index >= 15 is 0 Å². The number of carbonyl (C=O) groups is 1. The molecule has 1 amide bonds. The molecule has 1 aliphatic rings. The van der Waals surface area contributed by atoms with E-state index in [0.29, 0.717) is 12.8 Å². The van der Waals surface area contributed by atoms with E-state index < -0.39 is 5.54 Å². The molecule has 1 unspecified atom stereocenters. The molecule has 1 aromatic heterocycles. The molecule has 0 spiro atoms. The normalized spacial score (nSPS) is 17.3. The fourth-order valence-electron chi connectivity index (χ4n) is 4.76. The summed E-state index contributed by atoms with van der Waals surface area (Å²) in [4.78, 5) is 19.7. The summed E-state index contributed by atoms with van der Waals surface area (Å²) in [5, 5.41) is 0. The minimum Gasteiger partial charge on any atom is -0.341 e. The third kappa shape index (κ3) is 3.07. The zero-order chi connectivity index (χ0) is 20.6. The molecule has 0 saturated heterocycles.